The highest BCUT2D eigenvalue weighted by Gasteiger charge is 2.36. The van der Waals surface area contributed by atoms with Crippen LogP contribution in [0.1, 0.15) is 39.0 Å². The van der Waals surface area contributed by atoms with Crippen LogP contribution < -0.4 is 5.32 Å². The van der Waals surface area contributed by atoms with Crippen molar-refractivity contribution in [2.24, 2.45) is 11.3 Å². The third-order valence-corrected chi connectivity index (χ3v) is 4.70. The van der Waals surface area contributed by atoms with Crippen LogP contribution in [0.3, 0.4) is 0 Å². The maximum Gasteiger partial charge on any atom is 0.0547 e. The Hall–Kier alpha value is -0.120. The molecule has 2 aliphatic heterocycles. The Kier molecular flexibility index (Phi) is 5.46. The smallest absolute Gasteiger partial charge is 0.0547 e. The number of hydrogen-bond donors (Lipinski definition) is 1. The molecule has 1 N–H and O–H groups in total. The van der Waals surface area contributed by atoms with Crippen LogP contribution in [0, 0.1) is 11.3 Å². The average molecular weight is 254 g/mol. The maximum atomic E-state index is 5.65. The zero-order valence-corrected chi connectivity index (χ0v) is 12.2. The summed E-state index contributed by atoms with van der Waals surface area (Å²) in [6.07, 6.45) is 6.82. The van der Waals surface area contributed by atoms with Crippen molar-refractivity contribution < 1.29 is 4.74 Å². The zero-order chi connectivity index (χ0) is 12.8. The molecule has 0 bridgehead atoms. The normalized spacial score (nSPS) is 31.0. The third-order valence-electron chi connectivity index (χ3n) is 4.70. The molecule has 106 valence electrons. The molecule has 2 aliphatic rings. The molecule has 1 unspecified atom stereocenters. The van der Waals surface area contributed by atoms with Crippen LogP contribution in [0.4, 0.5) is 0 Å². The summed E-state index contributed by atoms with van der Waals surface area (Å²) in [5, 5.41) is 3.36. The Labute approximate surface area is 112 Å². The Morgan fingerprint density at radius 3 is 2.67 bits per heavy atom. The Balaban J connectivity index is 1.79. The van der Waals surface area contributed by atoms with Crippen molar-refractivity contribution in [1.82, 2.24) is 10.2 Å². The number of likely N-dealkylation sites (tertiary alicyclic amines) is 1. The minimum atomic E-state index is 0.381. The monoisotopic (exact) mass is 254 g/mol. The van der Waals surface area contributed by atoms with Gasteiger partial charge in [0.25, 0.3) is 0 Å². The molecule has 2 fully saturated rings. The minimum Gasteiger partial charge on any atom is -0.381 e. The lowest BCUT2D eigenvalue weighted by Gasteiger charge is -2.38. The molecule has 2 rings (SSSR count). The predicted molar refractivity (Wildman–Crippen MR) is 75.9 cm³/mol. The lowest BCUT2D eigenvalue weighted by atomic mass is 9.85. The number of rotatable bonds is 6. The van der Waals surface area contributed by atoms with Crippen LogP contribution >= 0.6 is 0 Å². The van der Waals surface area contributed by atoms with Gasteiger partial charge in [-0.3, -0.25) is 0 Å². The molecule has 18 heavy (non-hydrogen) atoms. The van der Waals surface area contributed by atoms with Crippen LogP contribution in [0.15, 0.2) is 0 Å². The fraction of sp³-hybridized carbons (Fsp3) is 1.00. The topological polar surface area (TPSA) is 24.5 Å². The summed E-state index contributed by atoms with van der Waals surface area (Å²) in [4.78, 5) is 2.68. The fourth-order valence-electron chi connectivity index (χ4n) is 3.66. The van der Waals surface area contributed by atoms with E-state index in [0.29, 0.717) is 5.41 Å². The number of hydrogen-bond acceptors (Lipinski definition) is 3. The van der Waals surface area contributed by atoms with E-state index in [0.717, 1.165) is 25.7 Å². The summed E-state index contributed by atoms with van der Waals surface area (Å²) < 4.78 is 5.65. The summed E-state index contributed by atoms with van der Waals surface area (Å²) in [5.41, 5.74) is 0.381. The highest BCUT2D eigenvalue weighted by Crippen LogP contribution is 2.31. The van der Waals surface area contributed by atoms with Gasteiger partial charge in [-0.2, -0.15) is 0 Å². The van der Waals surface area contributed by atoms with Crippen molar-refractivity contribution in [3.8, 4) is 0 Å². The van der Waals surface area contributed by atoms with E-state index in [-0.39, 0.29) is 0 Å². The van der Waals surface area contributed by atoms with E-state index in [9.17, 15) is 0 Å². The van der Waals surface area contributed by atoms with Crippen molar-refractivity contribution in [1.29, 1.82) is 0 Å². The summed E-state index contributed by atoms with van der Waals surface area (Å²) in [5.74, 6) is 0.992. The molecule has 0 spiro atoms. The number of nitrogens with zero attached hydrogens (tertiary/aromatic N) is 1. The lowest BCUT2D eigenvalue weighted by Crippen LogP contribution is -2.46. The largest absolute Gasteiger partial charge is 0.381 e. The Bertz CT molecular complexity index is 231. The summed E-state index contributed by atoms with van der Waals surface area (Å²) in [7, 11) is 2.06. The van der Waals surface area contributed by atoms with Gasteiger partial charge in [-0.25, -0.2) is 0 Å². The highest BCUT2D eigenvalue weighted by molar-refractivity contribution is 4.89. The Morgan fingerprint density at radius 1 is 1.33 bits per heavy atom. The average Bonchev–Trinajstić information content (AvgIpc) is 2.81. The molecule has 1 atom stereocenters. The van der Waals surface area contributed by atoms with Crippen molar-refractivity contribution >= 4 is 0 Å². The first kappa shape index (κ1) is 14.3. The quantitative estimate of drug-likeness (QED) is 0.786. The first-order valence-corrected chi connectivity index (χ1v) is 7.73. The summed E-state index contributed by atoms with van der Waals surface area (Å²) in [6.45, 7) is 9.14. The molecule has 2 saturated heterocycles. The van der Waals surface area contributed by atoms with Crippen LogP contribution in [0.5, 0.6) is 0 Å². The van der Waals surface area contributed by atoms with E-state index >= 15 is 0 Å². The molecule has 0 saturated carbocycles. The van der Waals surface area contributed by atoms with Crippen molar-refractivity contribution in [2.75, 3.05) is 46.4 Å². The number of nitrogens with one attached hydrogen (secondary N) is 1. The molecule has 0 amide bonds. The van der Waals surface area contributed by atoms with Gasteiger partial charge in [0.1, 0.15) is 0 Å². The van der Waals surface area contributed by atoms with E-state index < -0.39 is 0 Å². The number of ether oxygens (including phenoxy) is 1. The number of piperidine rings is 1. The lowest BCUT2D eigenvalue weighted by molar-refractivity contribution is 0.0870. The fourth-order valence-corrected chi connectivity index (χ4v) is 3.66. The van der Waals surface area contributed by atoms with Gasteiger partial charge >= 0.3 is 0 Å². The predicted octanol–water partition coefficient (Wildman–Crippen LogP) is 2.12. The van der Waals surface area contributed by atoms with Gasteiger partial charge in [-0.1, -0.05) is 19.8 Å². The Morgan fingerprint density at radius 2 is 2.11 bits per heavy atom. The molecule has 3 heteroatoms. The molecule has 0 aromatic heterocycles. The van der Waals surface area contributed by atoms with Crippen molar-refractivity contribution in [2.45, 2.75) is 39.0 Å². The van der Waals surface area contributed by atoms with E-state index in [1.54, 1.807) is 0 Å². The van der Waals surface area contributed by atoms with Crippen molar-refractivity contribution in [3.63, 3.8) is 0 Å². The van der Waals surface area contributed by atoms with Crippen LogP contribution in [0.25, 0.3) is 0 Å². The second kappa shape index (κ2) is 6.88. The zero-order valence-electron chi connectivity index (χ0n) is 12.2. The molecule has 0 aliphatic carbocycles. The molecule has 0 aromatic rings. The molecule has 3 nitrogen and oxygen atoms in total. The minimum absolute atomic E-state index is 0.381. The van der Waals surface area contributed by atoms with Crippen LogP contribution in [-0.2, 0) is 4.74 Å². The summed E-state index contributed by atoms with van der Waals surface area (Å²) >= 11 is 0. The molecule has 2 heterocycles. The second-order valence-electron chi connectivity index (χ2n) is 6.34. The van der Waals surface area contributed by atoms with Gasteiger partial charge in [0, 0.05) is 25.1 Å². The SMILES string of the molecule is CCCC1CCN(CC2(CNC)CCOC2)CC1. The van der Waals surface area contributed by atoms with E-state index in [4.69, 9.17) is 4.74 Å². The standard InChI is InChI=1S/C15H30N2O/c1-3-4-14-5-8-17(9-6-14)12-15(11-16-2)7-10-18-13-15/h14,16H,3-13H2,1-2H3. The third kappa shape index (κ3) is 3.69. The maximum absolute atomic E-state index is 5.65. The molecular weight excluding hydrogens is 224 g/mol. The van der Waals surface area contributed by atoms with Gasteiger partial charge in [-0.05, 0) is 45.3 Å². The van der Waals surface area contributed by atoms with Gasteiger partial charge in [0.2, 0.25) is 0 Å². The highest BCUT2D eigenvalue weighted by atomic mass is 16.5. The first-order chi connectivity index (χ1) is 8.78. The van der Waals surface area contributed by atoms with Crippen LogP contribution in [-0.4, -0.2) is 51.3 Å². The van der Waals surface area contributed by atoms with Gasteiger partial charge in [0.05, 0.1) is 6.61 Å². The van der Waals surface area contributed by atoms with Crippen molar-refractivity contribution in [3.05, 3.63) is 0 Å². The van der Waals surface area contributed by atoms with E-state index in [2.05, 4.69) is 24.2 Å². The van der Waals surface area contributed by atoms with E-state index in [1.807, 2.05) is 0 Å². The van der Waals surface area contributed by atoms with Crippen LogP contribution in [0.2, 0.25) is 0 Å². The molecule has 0 aromatic carbocycles. The molecule has 0 radical (unpaired) electrons. The second-order valence-corrected chi connectivity index (χ2v) is 6.34. The van der Waals surface area contributed by atoms with Gasteiger partial charge < -0.3 is 15.0 Å². The van der Waals surface area contributed by atoms with E-state index in [1.165, 1.54) is 51.7 Å². The van der Waals surface area contributed by atoms with Gasteiger partial charge in [-0.15, -0.1) is 0 Å². The van der Waals surface area contributed by atoms with Gasteiger partial charge in [0.15, 0.2) is 0 Å². The first-order valence-electron chi connectivity index (χ1n) is 7.73. The summed E-state index contributed by atoms with van der Waals surface area (Å²) in [6, 6.07) is 0. The molecular formula is C15H30N2O.